The molecule has 106 valence electrons. The van der Waals surface area contributed by atoms with Gasteiger partial charge < -0.3 is 10.2 Å². The molecule has 2 fully saturated rings. The lowest BCUT2D eigenvalue weighted by Gasteiger charge is -2.39. The average molecular weight is 276 g/mol. The van der Waals surface area contributed by atoms with Crippen LogP contribution in [0.1, 0.15) is 30.9 Å². The summed E-state index contributed by atoms with van der Waals surface area (Å²) in [6, 6.07) is 5.33. The third-order valence-electron chi connectivity index (χ3n) is 4.15. The van der Waals surface area contributed by atoms with E-state index in [4.69, 9.17) is 0 Å². The van der Waals surface area contributed by atoms with Gasteiger partial charge in [0.15, 0.2) is 0 Å². The van der Waals surface area contributed by atoms with Gasteiger partial charge in [-0.3, -0.25) is 9.59 Å². The van der Waals surface area contributed by atoms with Crippen molar-refractivity contribution in [3.63, 3.8) is 0 Å². The Hall–Kier alpha value is -1.91. The van der Waals surface area contributed by atoms with Crippen molar-refractivity contribution in [1.29, 1.82) is 0 Å². The summed E-state index contributed by atoms with van der Waals surface area (Å²) in [6.45, 7) is 0.877. The number of benzene rings is 1. The lowest BCUT2D eigenvalue weighted by atomic mass is 9.83. The Balaban J connectivity index is 1.92. The highest BCUT2D eigenvalue weighted by Gasteiger charge is 2.39. The summed E-state index contributed by atoms with van der Waals surface area (Å²) in [5.41, 5.74) is 0.275. The minimum atomic E-state index is -0.835. The number of hydrogen-bond donors (Lipinski definition) is 1. The molecule has 1 unspecified atom stereocenters. The molecule has 20 heavy (non-hydrogen) atoms. The molecule has 4 nitrogen and oxygen atoms in total. The Morgan fingerprint density at radius 3 is 2.70 bits per heavy atom. The number of rotatable bonds is 2. The van der Waals surface area contributed by atoms with E-state index >= 15 is 0 Å². The van der Waals surface area contributed by atoms with Crippen LogP contribution in [0.15, 0.2) is 24.3 Å². The largest absolute Gasteiger partial charge is 0.352 e. The Kier molecular flexibility index (Phi) is 3.42. The maximum Gasteiger partial charge on any atom is 0.247 e. The van der Waals surface area contributed by atoms with Crippen LogP contribution < -0.4 is 5.32 Å². The van der Waals surface area contributed by atoms with E-state index in [1.54, 1.807) is 23.1 Å². The van der Waals surface area contributed by atoms with E-state index in [-0.39, 0.29) is 23.3 Å². The molecule has 1 saturated carbocycles. The smallest absolute Gasteiger partial charge is 0.247 e. The van der Waals surface area contributed by atoms with E-state index in [9.17, 15) is 14.0 Å². The van der Waals surface area contributed by atoms with Crippen LogP contribution in [0.3, 0.4) is 0 Å². The molecule has 0 radical (unpaired) electrons. The lowest BCUT2D eigenvalue weighted by Crippen LogP contribution is -2.54. The van der Waals surface area contributed by atoms with Crippen LogP contribution >= 0.6 is 0 Å². The molecule has 2 aliphatic rings. The minimum Gasteiger partial charge on any atom is -0.352 e. The van der Waals surface area contributed by atoms with Crippen molar-refractivity contribution in [2.75, 3.05) is 13.1 Å². The van der Waals surface area contributed by atoms with Crippen molar-refractivity contribution in [1.82, 2.24) is 10.2 Å². The monoisotopic (exact) mass is 276 g/mol. The molecule has 5 heteroatoms. The first-order valence-corrected chi connectivity index (χ1v) is 7.01. The maximum absolute atomic E-state index is 14.0. The molecule has 0 spiro atoms. The molecular formula is C15H17FN2O2. The van der Waals surface area contributed by atoms with Gasteiger partial charge in [-0.1, -0.05) is 24.6 Å². The molecule has 1 atom stereocenters. The molecule has 1 aromatic carbocycles. The average Bonchev–Trinajstić information content (AvgIpc) is 2.37. The standard InChI is InChI=1S/C15H17FN2O2/c16-12-7-2-1-6-11(12)13-14(19)17-8-9-18(13)15(20)10-4-3-5-10/h1-2,6-7,10,13H,3-5,8-9H2,(H,17,19). The second-order valence-electron chi connectivity index (χ2n) is 5.37. The van der Waals surface area contributed by atoms with Crippen LogP contribution in [-0.2, 0) is 9.59 Å². The number of amides is 2. The predicted molar refractivity (Wildman–Crippen MR) is 71.2 cm³/mol. The molecule has 1 saturated heterocycles. The summed E-state index contributed by atoms with van der Waals surface area (Å²) >= 11 is 0. The molecular weight excluding hydrogens is 259 g/mol. The van der Waals surface area contributed by atoms with Gasteiger partial charge in [0, 0.05) is 24.6 Å². The number of halogens is 1. The Morgan fingerprint density at radius 2 is 2.05 bits per heavy atom. The number of nitrogens with zero attached hydrogens (tertiary/aromatic N) is 1. The summed E-state index contributed by atoms with van der Waals surface area (Å²) < 4.78 is 14.0. The van der Waals surface area contributed by atoms with Gasteiger partial charge in [0.1, 0.15) is 11.9 Å². The van der Waals surface area contributed by atoms with E-state index in [0.29, 0.717) is 13.1 Å². The lowest BCUT2D eigenvalue weighted by molar-refractivity contribution is -0.148. The van der Waals surface area contributed by atoms with Gasteiger partial charge in [-0.15, -0.1) is 0 Å². The van der Waals surface area contributed by atoms with Crippen LogP contribution in [0, 0.1) is 11.7 Å². The predicted octanol–water partition coefficient (Wildman–Crippen LogP) is 1.63. The number of carbonyl (C=O) groups excluding carboxylic acids is 2. The number of piperazine rings is 1. The molecule has 1 heterocycles. The minimum absolute atomic E-state index is 0.00942. The maximum atomic E-state index is 14.0. The second kappa shape index (κ2) is 5.23. The van der Waals surface area contributed by atoms with E-state index in [0.717, 1.165) is 19.3 Å². The zero-order valence-corrected chi connectivity index (χ0v) is 11.1. The van der Waals surface area contributed by atoms with Crippen molar-refractivity contribution >= 4 is 11.8 Å². The molecule has 0 bridgehead atoms. The summed E-state index contributed by atoms with van der Waals surface area (Å²) in [7, 11) is 0. The molecule has 3 rings (SSSR count). The summed E-state index contributed by atoms with van der Waals surface area (Å²) in [6.07, 6.45) is 2.81. The van der Waals surface area contributed by atoms with Crippen molar-refractivity contribution in [3.8, 4) is 0 Å². The normalized spacial score (nSPS) is 23.1. The Labute approximate surface area is 117 Å². The quantitative estimate of drug-likeness (QED) is 0.892. The zero-order valence-electron chi connectivity index (χ0n) is 11.1. The highest BCUT2D eigenvalue weighted by Crippen LogP contribution is 2.33. The third-order valence-corrected chi connectivity index (χ3v) is 4.15. The number of carbonyl (C=O) groups is 2. The zero-order chi connectivity index (χ0) is 14.1. The van der Waals surface area contributed by atoms with Crippen molar-refractivity contribution in [2.24, 2.45) is 5.92 Å². The van der Waals surface area contributed by atoms with Crippen LogP contribution in [0.25, 0.3) is 0 Å². The van der Waals surface area contributed by atoms with Crippen LogP contribution in [0.2, 0.25) is 0 Å². The number of nitrogens with one attached hydrogen (secondary N) is 1. The first kappa shape index (κ1) is 13.1. The van der Waals surface area contributed by atoms with Crippen LogP contribution in [0.4, 0.5) is 4.39 Å². The van der Waals surface area contributed by atoms with Crippen molar-refractivity contribution < 1.29 is 14.0 Å². The fourth-order valence-electron chi connectivity index (χ4n) is 2.80. The molecule has 1 aromatic rings. The Morgan fingerprint density at radius 1 is 1.30 bits per heavy atom. The van der Waals surface area contributed by atoms with E-state index in [1.165, 1.54) is 6.07 Å². The van der Waals surface area contributed by atoms with E-state index < -0.39 is 11.9 Å². The first-order valence-electron chi connectivity index (χ1n) is 7.01. The van der Waals surface area contributed by atoms with Gasteiger partial charge in [0.2, 0.25) is 11.8 Å². The SMILES string of the molecule is O=C1NCCN(C(=O)C2CCC2)C1c1ccccc1F. The highest BCUT2D eigenvalue weighted by atomic mass is 19.1. The van der Waals surface area contributed by atoms with Gasteiger partial charge in [0.05, 0.1) is 0 Å². The Bertz CT molecular complexity index is 542. The van der Waals surface area contributed by atoms with Crippen molar-refractivity contribution in [2.45, 2.75) is 25.3 Å². The molecule has 2 amide bonds. The van der Waals surface area contributed by atoms with Gasteiger partial charge in [-0.2, -0.15) is 0 Å². The van der Waals surface area contributed by atoms with Crippen LogP contribution in [0.5, 0.6) is 0 Å². The van der Waals surface area contributed by atoms with Gasteiger partial charge in [-0.05, 0) is 18.9 Å². The molecule has 0 aromatic heterocycles. The fraction of sp³-hybridized carbons (Fsp3) is 0.467. The second-order valence-corrected chi connectivity index (χ2v) is 5.37. The molecule has 1 aliphatic heterocycles. The first-order chi connectivity index (χ1) is 9.68. The summed E-state index contributed by atoms with van der Waals surface area (Å²) in [4.78, 5) is 26.1. The number of hydrogen-bond acceptors (Lipinski definition) is 2. The molecule has 1 N–H and O–H groups in total. The van der Waals surface area contributed by atoms with Crippen molar-refractivity contribution in [3.05, 3.63) is 35.6 Å². The summed E-state index contributed by atoms with van der Waals surface area (Å²) in [5.74, 6) is -0.746. The molecule has 1 aliphatic carbocycles. The van der Waals surface area contributed by atoms with E-state index in [1.807, 2.05) is 0 Å². The third kappa shape index (κ3) is 2.17. The topological polar surface area (TPSA) is 49.4 Å². The van der Waals surface area contributed by atoms with E-state index in [2.05, 4.69) is 5.32 Å². The van der Waals surface area contributed by atoms with Gasteiger partial charge in [0.25, 0.3) is 0 Å². The summed E-state index contributed by atoms with van der Waals surface area (Å²) in [5, 5.41) is 2.72. The van der Waals surface area contributed by atoms with Crippen LogP contribution in [-0.4, -0.2) is 29.8 Å². The highest BCUT2D eigenvalue weighted by molar-refractivity contribution is 5.90. The fourth-order valence-corrected chi connectivity index (χ4v) is 2.80. The van der Waals surface area contributed by atoms with Gasteiger partial charge >= 0.3 is 0 Å². The van der Waals surface area contributed by atoms with Gasteiger partial charge in [-0.25, -0.2) is 4.39 Å².